The van der Waals surface area contributed by atoms with Crippen LogP contribution in [-0.2, 0) is 0 Å². The largest absolute Gasteiger partial charge is 0.282 e. The predicted molar refractivity (Wildman–Crippen MR) is 89.4 cm³/mol. The Hall–Kier alpha value is -2.75. The predicted octanol–water partition coefficient (Wildman–Crippen LogP) is 3.78. The summed E-state index contributed by atoms with van der Waals surface area (Å²) in [6.45, 7) is 0. The molecule has 0 fully saturated rings. The Balaban J connectivity index is 1.74. The summed E-state index contributed by atoms with van der Waals surface area (Å²) in [5, 5.41) is 6.88. The summed E-state index contributed by atoms with van der Waals surface area (Å²) >= 11 is 0. The van der Waals surface area contributed by atoms with Gasteiger partial charge in [0.2, 0.25) is 0 Å². The zero-order valence-electron chi connectivity index (χ0n) is 12.6. The van der Waals surface area contributed by atoms with Gasteiger partial charge in [0.15, 0.2) is 0 Å². The van der Waals surface area contributed by atoms with Gasteiger partial charge in [0.25, 0.3) is 11.8 Å². The molecule has 1 heterocycles. The first kappa shape index (κ1) is 13.9. The number of amides is 2. The van der Waals surface area contributed by atoms with E-state index in [0.29, 0.717) is 11.1 Å². The van der Waals surface area contributed by atoms with Crippen molar-refractivity contribution in [3.63, 3.8) is 0 Å². The van der Waals surface area contributed by atoms with E-state index in [-0.39, 0.29) is 17.7 Å². The number of rotatable bonds is 2. The molecule has 2 aromatic carbocycles. The topological polar surface area (TPSA) is 49.7 Å². The maximum Gasteiger partial charge on any atom is 0.282 e. The Kier molecular flexibility index (Phi) is 3.30. The molecule has 0 saturated carbocycles. The second-order valence-corrected chi connectivity index (χ2v) is 5.94. The third-order valence-electron chi connectivity index (χ3n) is 4.45. The van der Waals surface area contributed by atoms with E-state index in [4.69, 9.17) is 0 Å². The van der Waals surface area contributed by atoms with Gasteiger partial charge in [0, 0.05) is 11.6 Å². The number of hydrogen-bond acceptors (Lipinski definition) is 3. The first-order valence-electron chi connectivity index (χ1n) is 7.85. The normalized spacial score (nSPS) is 20.7. The van der Waals surface area contributed by atoms with E-state index in [1.165, 1.54) is 0 Å². The van der Waals surface area contributed by atoms with E-state index >= 15 is 0 Å². The molecule has 1 aliphatic carbocycles. The van der Waals surface area contributed by atoms with Crippen LogP contribution in [0.2, 0.25) is 0 Å². The first-order chi connectivity index (χ1) is 11.3. The van der Waals surface area contributed by atoms with Crippen molar-refractivity contribution in [1.82, 2.24) is 5.01 Å². The molecule has 0 radical (unpaired) electrons. The molecule has 4 heteroatoms. The molecule has 4 nitrogen and oxygen atoms in total. The fourth-order valence-corrected chi connectivity index (χ4v) is 3.24. The summed E-state index contributed by atoms with van der Waals surface area (Å²) in [7, 11) is 0. The quantitative estimate of drug-likeness (QED) is 0.481. The molecular weight excluding hydrogens is 288 g/mol. The monoisotopic (exact) mass is 304 g/mol. The number of allylic oxidation sites excluding steroid dienone is 2. The van der Waals surface area contributed by atoms with E-state index in [0.717, 1.165) is 35.0 Å². The number of imide groups is 1. The van der Waals surface area contributed by atoms with Gasteiger partial charge in [-0.25, -0.2) is 0 Å². The molecule has 0 saturated heterocycles. The number of carbonyl (C=O) groups excluding carboxylic acids is 2. The molecule has 1 aliphatic heterocycles. The second kappa shape index (κ2) is 5.47. The number of carbonyl (C=O) groups is 2. The highest BCUT2D eigenvalue weighted by Crippen LogP contribution is 2.30. The molecule has 0 aromatic heterocycles. The summed E-state index contributed by atoms with van der Waals surface area (Å²) in [4.78, 5) is 25.3. The summed E-state index contributed by atoms with van der Waals surface area (Å²) in [5.41, 5.74) is 1.08. The van der Waals surface area contributed by atoms with Gasteiger partial charge in [0.05, 0.1) is 11.1 Å². The fourth-order valence-electron chi connectivity index (χ4n) is 3.24. The highest BCUT2D eigenvalue weighted by atomic mass is 16.2. The maximum absolute atomic E-state index is 12.7. The first-order valence-corrected chi connectivity index (χ1v) is 7.85. The van der Waals surface area contributed by atoms with Crippen molar-refractivity contribution in [1.29, 1.82) is 0 Å². The lowest BCUT2D eigenvalue weighted by Gasteiger charge is -2.23. The average Bonchev–Trinajstić information content (AvgIpc) is 2.60. The van der Waals surface area contributed by atoms with E-state index in [1.54, 1.807) is 18.3 Å². The van der Waals surface area contributed by atoms with E-state index in [9.17, 15) is 9.59 Å². The van der Waals surface area contributed by atoms with Gasteiger partial charge >= 0.3 is 0 Å². The van der Waals surface area contributed by atoms with Crippen LogP contribution in [0.5, 0.6) is 0 Å². The summed E-state index contributed by atoms with van der Waals surface area (Å²) in [5.74, 6) is -0.405. The molecule has 2 amide bonds. The molecule has 0 unspecified atom stereocenters. The highest BCUT2D eigenvalue weighted by molar-refractivity contribution is 6.25. The average molecular weight is 304 g/mol. The van der Waals surface area contributed by atoms with Crippen LogP contribution in [0, 0.1) is 5.92 Å². The lowest BCUT2D eigenvalue weighted by atomic mass is 9.95. The summed E-state index contributed by atoms with van der Waals surface area (Å²) in [6.07, 6.45) is 8.94. The van der Waals surface area contributed by atoms with E-state index in [1.807, 2.05) is 24.3 Å². The molecule has 0 spiro atoms. The molecular formula is C19H16N2O2. The Bertz CT molecular complexity index is 816. The van der Waals surface area contributed by atoms with Crippen molar-refractivity contribution in [2.45, 2.75) is 19.3 Å². The molecule has 0 N–H and O–H groups in total. The van der Waals surface area contributed by atoms with Crippen molar-refractivity contribution in [2.24, 2.45) is 11.0 Å². The van der Waals surface area contributed by atoms with Crippen LogP contribution in [-0.4, -0.2) is 23.0 Å². The summed E-state index contributed by atoms with van der Waals surface area (Å²) in [6, 6.07) is 11.0. The van der Waals surface area contributed by atoms with Crippen LogP contribution >= 0.6 is 0 Å². The molecule has 1 atom stereocenters. The fraction of sp³-hybridized carbons (Fsp3) is 0.211. The van der Waals surface area contributed by atoms with Crippen LogP contribution in [0.25, 0.3) is 10.8 Å². The Morgan fingerprint density at radius 2 is 1.70 bits per heavy atom. The lowest BCUT2D eigenvalue weighted by Crippen LogP contribution is -2.36. The van der Waals surface area contributed by atoms with Gasteiger partial charge in [0.1, 0.15) is 0 Å². The molecule has 114 valence electrons. The van der Waals surface area contributed by atoms with Gasteiger partial charge in [-0.2, -0.15) is 10.1 Å². The van der Waals surface area contributed by atoms with E-state index in [2.05, 4.69) is 17.3 Å². The highest BCUT2D eigenvalue weighted by Gasteiger charge is 2.32. The molecule has 2 aliphatic rings. The number of hydrazone groups is 1. The van der Waals surface area contributed by atoms with Gasteiger partial charge in [-0.3, -0.25) is 9.59 Å². The van der Waals surface area contributed by atoms with Crippen LogP contribution in [0.15, 0.2) is 53.7 Å². The minimum Gasteiger partial charge on any atom is -0.267 e. The smallest absolute Gasteiger partial charge is 0.267 e. The van der Waals surface area contributed by atoms with Gasteiger partial charge in [-0.15, -0.1) is 0 Å². The Labute approximate surface area is 134 Å². The van der Waals surface area contributed by atoms with Crippen molar-refractivity contribution in [2.75, 3.05) is 0 Å². The number of hydrogen-bond donors (Lipinski definition) is 0. The van der Waals surface area contributed by atoms with Crippen molar-refractivity contribution in [3.8, 4) is 0 Å². The standard InChI is InChI=1S/C19H16N2O2/c22-18-15-10-4-8-14-9-5-11-16(17(14)15)19(23)21(18)20-12-13-6-2-1-3-7-13/h1-2,4-5,8-13H,3,6-7H2/b20-12-/t13-/m1/s1. The molecule has 4 rings (SSSR count). The summed E-state index contributed by atoms with van der Waals surface area (Å²) < 4.78 is 0. The van der Waals surface area contributed by atoms with Crippen molar-refractivity contribution < 1.29 is 9.59 Å². The van der Waals surface area contributed by atoms with Crippen LogP contribution < -0.4 is 0 Å². The second-order valence-electron chi connectivity index (χ2n) is 5.94. The van der Waals surface area contributed by atoms with Gasteiger partial charge < -0.3 is 0 Å². The van der Waals surface area contributed by atoms with Crippen LogP contribution in [0.4, 0.5) is 0 Å². The van der Waals surface area contributed by atoms with Gasteiger partial charge in [-0.1, -0.05) is 36.4 Å². The van der Waals surface area contributed by atoms with Crippen LogP contribution in [0.3, 0.4) is 0 Å². The van der Waals surface area contributed by atoms with Gasteiger partial charge in [-0.05, 0) is 42.7 Å². The maximum atomic E-state index is 12.7. The SMILES string of the molecule is O=C1c2cccc3cccc(c23)C(=O)N1/N=C\[C@@H]1CC=CCC1. The molecule has 0 bridgehead atoms. The van der Waals surface area contributed by atoms with Crippen molar-refractivity contribution in [3.05, 3.63) is 59.7 Å². The van der Waals surface area contributed by atoms with Crippen molar-refractivity contribution >= 4 is 28.8 Å². The zero-order valence-corrected chi connectivity index (χ0v) is 12.6. The third-order valence-corrected chi connectivity index (χ3v) is 4.45. The third kappa shape index (κ3) is 2.27. The lowest BCUT2D eigenvalue weighted by molar-refractivity contribution is 0.0615. The minimum absolute atomic E-state index is 0.286. The zero-order chi connectivity index (χ0) is 15.8. The molecule has 23 heavy (non-hydrogen) atoms. The minimum atomic E-state index is -0.345. The Morgan fingerprint density at radius 1 is 1.00 bits per heavy atom. The number of benzene rings is 2. The number of nitrogens with zero attached hydrogens (tertiary/aromatic N) is 2. The van der Waals surface area contributed by atoms with Crippen LogP contribution in [0.1, 0.15) is 40.0 Å². The Morgan fingerprint density at radius 3 is 2.30 bits per heavy atom. The van der Waals surface area contributed by atoms with E-state index < -0.39 is 0 Å². The molecule has 2 aromatic rings.